The number of hydrogen-bond donors (Lipinski definition) is 2. The fourth-order valence-electron chi connectivity index (χ4n) is 5.22. The van der Waals surface area contributed by atoms with Crippen molar-refractivity contribution in [3.05, 3.63) is 64.3 Å². The molecule has 3 heterocycles. The highest BCUT2D eigenvalue weighted by Crippen LogP contribution is 2.40. The number of benzene rings is 2. The van der Waals surface area contributed by atoms with Gasteiger partial charge in [-0.2, -0.15) is 4.98 Å². The van der Waals surface area contributed by atoms with Crippen LogP contribution < -0.4 is 15.2 Å². The molecular formula is C28H35N5O3S2. The number of nitrogens with one attached hydrogen (secondary N) is 1. The number of likely N-dealkylation sites (tertiary alicyclic amines) is 1. The molecule has 0 amide bonds. The monoisotopic (exact) mass is 553 g/mol. The van der Waals surface area contributed by atoms with E-state index in [1.54, 1.807) is 23.9 Å². The van der Waals surface area contributed by atoms with Crippen molar-refractivity contribution in [1.29, 1.82) is 0 Å². The quantitative estimate of drug-likeness (QED) is 0.423. The van der Waals surface area contributed by atoms with E-state index in [1.165, 1.54) is 5.56 Å². The minimum absolute atomic E-state index is 0.142. The molecule has 0 spiro atoms. The van der Waals surface area contributed by atoms with Gasteiger partial charge in [-0.15, -0.1) is 11.8 Å². The van der Waals surface area contributed by atoms with Crippen molar-refractivity contribution >= 4 is 27.7 Å². The summed E-state index contributed by atoms with van der Waals surface area (Å²) in [5.74, 6) is 3.21. The Morgan fingerprint density at radius 3 is 2.42 bits per heavy atom. The summed E-state index contributed by atoms with van der Waals surface area (Å²) in [5.41, 5.74) is 5.58. The van der Waals surface area contributed by atoms with E-state index < -0.39 is 10.0 Å². The zero-order valence-electron chi connectivity index (χ0n) is 22.2. The lowest BCUT2D eigenvalue weighted by Gasteiger charge is -2.32. The normalized spacial score (nSPS) is 16.7. The number of thioether (sulfide) groups is 1. The minimum Gasteiger partial charge on any atom is -0.437 e. The van der Waals surface area contributed by atoms with Gasteiger partial charge in [-0.3, -0.25) is 4.90 Å². The molecule has 0 atom stereocenters. The first-order valence-corrected chi connectivity index (χ1v) is 15.6. The predicted octanol–water partition coefficient (Wildman–Crippen LogP) is 4.96. The molecular weight excluding hydrogens is 518 g/mol. The van der Waals surface area contributed by atoms with E-state index in [0.29, 0.717) is 11.8 Å². The number of piperidine rings is 1. The van der Waals surface area contributed by atoms with Gasteiger partial charge in [0.2, 0.25) is 21.9 Å². The number of anilines is 1. The SMILES string of the molecule is Cc1cc(C)c(Oc2nc(NC3CCN(Cc4ccc(S(N)(=O)=O)cc4)CC3)nc3c2SCCC3)c(C)c1. The zero-order chi connectivity index (χ0) is 26.9. The van der Waals surface area contributed by atoms with E-state index in [9.17, 15) is 8.42 Å². The molecule has 2 aromatic carbocycles. The fraction of sp³-hybridized carbons (Fsp3) is 0.429. The molecule has 0 bridgehead atoms. The van der Waals surface area contributed by atoms with Crippen LogP contribution in [0.4, 0.5) is 5.95 Å². The van der Waals surface area contributed by atoms with Crippen LogP contribution >= 0.6 is 11.8 Å². The first-order valence-electron chi connectivity index (χ1n) is 13.1. The topological polar surface area (TPSA) is 110 Å². The highest BCUT2D eigenvalue weighted by atomic mass is 32.2. The van der Waals surface area contributed by atoms with Gasteiger partial charge >= 0.3 is 0 Å². The van der Waals surface area contributed by atoms with Crippen LogP contribution in [0, 0.1) is 20.8 Å². The molecule has 1 aromatic heterocycles. The molecule has 1 fully saturated rings. The molecule has 0 unspecified atom stereocenters. The maximum atomic E-state index is 11.5. The Balaban J connectivity index is 1.25. The summed E-state index contributed by atoms with van der Waals surface area (Å²) in [4.78, 5) is 13.3. The third-order valence-corrected chi connectivity index (χ3v) is 9.21. The average molecular weight is 554 g/mol. The van der Waals surface area contributed by atoms with E-state index in [2.05, 4.69) is 43.1 Å². The Morgan fingerprint density at radius 2 is 1.76 bits per heavy atom. The number of aromatic nitrogens is 2. The van der Waals surface area contributed by atoms with Crippen molar-refractivity contribution in [1.82, 2.24) is 14.9 Å². The number of rotatable bonds is 7. The molecule has 3 N–H and O–H groups in total. The van der Waals surface area contributed by atoms with Crippen molar-refractivity contribution in [2.24, 2.45) is 5.14 Å². The van der Waals surface area contributed by atoms with Gasteiger partial charge in [0.25, 0.3) is 0 Å². The maximum absolute atomic E-state index is 11.5. The number of hydrogen-bond acceptors (Lipinski definition) is 8. The molecule has 1 saturated heterocycles. The molecule has 0 saturated carbocycles. The highest BCUT2D eigenvalue weighted by Gasteiger charge is 2.24. The summed E-state index contributed by atoms with van der Waals surface area (Å²) in [5, 5.41) is 8.79. The van der Waals surface area contributed by atoms with Crippen molar-refractivity contribution < 1.29 is 13.2 Å². The van der Waals surface area contributed by atoms with Crippen molar-refractivity contribution in [3.8, 4) is 11.6 Å². The van der Waals surface area contributed by atoms with E-state index in [0.717, 1.165) is 84.1 Å². The molecule has 0 radical (unpaired) electrons. The third kappa shape index (κ3) is 6.31. The zero-order valence-corrected chi connectivity index (χ0v) is 23.8. The van der Waals surface area contributed by atoms with Crippen LogP contribution in [0.1, 0.15) is 47.2 Å². The number of sulfonamides is 1. The molecule has 38 heavy (non-hydrogen) atoms. The van der Waals surface area contributed by atoms with E-state index in [4.69, 9.17) is 19.8 Å². The number of nitrogens with zero attached hydrogens (tertiary/aromatic N) is 3. The van der Waals surface area contributed by atoms with Crippen LogP contribution in [0.2, 0.25) is 0 Å². The van der Waals surface area contributed by atoms with E-state index in [1.807, 2.05) is 12.1 Å². The van der Waals surface area contributed by atoms with Crippen LogP contribution in [0.25, 0.3) is 0 Å². The van der Waals surface area contributed by atoms with Gasteiger partial charge in [0.15, 0.2) is 0 Å². The van der Waals surface area contributed by atoms with Gasteiger partial charge in [0.05, 0.1) is 15.5 Å². The van der Waals surface area contributed by atoms with Crippen LogP contribution in [-0.4, -0.2) is 48.2 Å². The molecule has 2 aliphatic heterocycles. The highest BCUT2D eigenvalue weighted by molar-refractivity contribution is 7.99. The van der Waals surface area contributed by atoms with Gasteiger partial charge in [-0.1, -0.05) is 29.8 Å². The second-order valence-corrected chi connectivity index (χ2v) is 13.0. The standard InChI is InChI=1S/C28H35N5O3S2/c1-18-15-19(2)25(20(3)16-18)36-27-26-24(5-4-14-37-26)31-28(32-27)30-22-10-12-33(13-11-22)17-21-6-8-23(9-7-21)38(29,34)35/h6-9,15-16,22H,4-5,10-14,17H2,1-3H3,(H2,29,34,35)(H,30,31,32). The van der Waals surface area contributed by atoms with Crippen molar-refractivity contribution in [2.45, 2.75) is 68.8 Å². The van der Waals surface area contributed by atoms with Gasteiger partial charge in [-0.25, -0.2) is 18.5 Å². The first kappa shape index (κ1) is 26.9. The number of primary sulfonamides is 1. The number of ether oxygens (including phenoxy) is 1. The summed E-state index contributed by atoms with van der Waals surface area (Å²) in [6.07, 6.45) is 3.98. The molecule has 5 rings (SSSR count). The summed E-state index contributed by atoms with van der Waals surface area (Å²) in [6, 6.07) is 11.4. The predicted molar refractivity (Wildman–Crippen MR) is 152 cm³/mol. The van der Waals surface area contributed by atoms with Crippen LogP contribution in [0.3, 0.4) is 0 Å². The number of aryl methyl sites for hydroxylation is 4. The molecule has 202 valence electrons. The van der Waals surface area contributed by atoms with E-state index >= 15 is 0 Å². The molecule has 8 nitrogen and oxygen atoms in total. The Bertz CT molecular complexity index is 1400. The Kier molecular flexibility index (Phi) is 7.95. The summed E-state index contributed by atoms with van der Waals surface area (Å²) < 4.78 is 29.5. The van der Waals surface area contributed by atoms with Crippen LogP contribution in [0.5, 0.6) is 11.6 Å². The molecule has 0 aliphatic carbocycles. The molecule has 10 heteroatoms. The summed E-state index contributed by atoms with van der Waals surface area (Å²) in [7, 11) is -3.67. The van der Waals surface area contributed by atoms with Gasteiger partial charge < -0.3 is 10.1 Å². The Hall–Kier alpha value is -2.66. The lowest BCUT2D eigenvalue weighted by Crippen LogP contribution is -2.39. The average Bonchev–Trinajstić information content (AvgIpc) is 2.87. The number of nitrogens with two attached hydrogens (primary N) is 1. The van der Waals surface area contributed by atoms with E-state index in [-0.39, 0.29) is 10.9 Å². The van der Waals surface area contributed by atoms with Crippen molar-refractivity contribution in [2.75, 3.05) is 24.2 Å². The van der Waals surface area contributed by atoms with Crippen LogP contribution in [-0.2, 0) is 23.0 Å². The second kappa shape index (κ2) is 11.2. The largest absolute Gasteiger partial charge is 0.437 e. The third-order valence-electron chi connectivity index (χ3n) is 7.09. The Labute approximate surface area is 229 Å². The smallest absolute Gasteiger partial charge is 0.238 e. The first-order chi connectivity index (χ1) is 18.2. The Morgan fingerprint density at radius 1 is 1.08 bits per heavy atom. The lowest BCUT2D eigenvalue weighted by atomic mass is 10.0. The molecule has 3 aromatic rings. The van der Waals surface area contributed by atoms with Gasteiger partial charge in [0.1, 0.15) is 5.75 Å². The fourth-order valence-corrected chi connectivity index (χ4v) is 6.75. The van der Waals surface area contributed by atoms with Gasteiger partial charge in [-0.05, 0) is 81.0 Å². The summed E-state index contributed by atoms with van der Waals surface area (Å²) >= 11 is 1.78. The summed E-state index contributed by atoms with van der Waals surface area (Å²) in [6.45, 7) is 8.90. The molecule has 2 aliphatic rings. The lowest BCUT2D eigenvalue weighted by molar-refractivity contribution is 0.211. The van der Waals surface area contributed by atoms with Crippen molar-refractivity contribution in [3.63, 3.8) is 0 Å². The van der Waals surface area contributed by atoms with Crippen LogP contribution in [0.15, 0.2) is 46.2 Å². The maximum Gasteiger partial charge on any atom is 0.238 e. The minimum atomic E-state index is -3.67. The number of fused-ring (bicyclic) bond motifs is 1. The second-order valence-electron chi connectivity index (χ2n) is 10.3. The van der Waals surface area contributed by atoms with Gasteiger partial charge in [0, 0.05) is 25.7 Å².